The fraction of sp³-hybridized carbons (Fsp3) is 0.265. The number of ether oxygens (including phenoxy) is 6. The van der Waals surface area contributed by atoms with Gasteiger partial charge in [-0.1, -0.05) is 30.3 Å². The molecule has 0 radical (unpaired) electrons. The van der Waals surface area contributed by atoms with E-state index in [9.17, 15) is 62.3 Å². The Balaban J connectivity index is 1.11. The predicted octanol–water partition coefficient (Wildman–Crippen LogP) is 12.4. The third kappa shape index (κ3) is 17.7. The molecule has 0 amide bonds. The molecule has 5 aromatic rings. The molecule has 0 saturated carbocycles. The number of carbonyl (C=O) groups excluding carboxylic acids is 2. The van der Waals surface area contributed by atoms with Gasteiger partial charge in [-0.05, 0) is 102 Å². The van der Waals surface area contributed by atoms with Gasteiger partial charge in [0, 0.05) is 48.5 Å². The molecule has 380 valence electrons. The minimum atomic E-state index is -4.41. The Morgan fingerprint density at radius 2 is 0.915 bits per heavy atom. The van der Waals surface area contributed by atoms with Crippen molar-refractivity contribution in [2.75, 3.05) is 37.9 Å². The summed E-state index contributed by atoms with van der Waals surface area (Å²) >= 11 is 0. The number of halogens is 12. The molecule has 0 saturated heterocycles. The zero-order valence-electron chi connectivity index (χ0n) is 36.8. The fourth-order valence-electron chi connectivity index (χ4n) is 6.25. The molecule has 0 fully saturated rings. The van der Waals surface area contributed by atoms with Crippen molar-refractivity contribution in [2.45, 2.75) is 56.2 Å². The average Bonchev–Trinajstić information content (AvgIpc) is 3.28. The van der Waals surface area contributed by atoms with E-state index in [1.165, 1.54) is 54.6 Å². The van der Waals surface area contributed by atoms with E-state index in [1.54, 1.807) is 0 Å². The van der Waals surface area contributed by atoms with Gasteiger partial charge in [-0.3, -0.25) is 0 Å². The zero-order chi connectivity index (χ0) is 52.0. The Labute approximate surface area is 397 Å². The van der Waals surface area contributed by atoms with Crippen molar-refractivity contribution in [2.24, 2.45) is 0 Å². The molecule has 0 aliphatic carbocycles. The lowest BCUT2D eigenvalue weighted by Gasteiger charge is -2.19. The molecule has 22 heteroatoms. The third-order valence-electron chi connectivity index (χ3n) is 9.74. The first-order valence-corrected chi connectivity index (χ1v) is 21.0. The van der Waals surface area contributed by atoms with E-state index in [-0.39, 0.29) is 41.9 Å². The number of esters is 2. The summed E-state index contributed by atoms with van der Waals surface area (Å²) in [5, 5.41) is 0. The van der Waals surface area contributed by atoms with Crippen LogP contribution in [0.1, 0.15) is 59.4 Å². The molecule has 4 N–H and O–H groups in total. The van der Waals surface area contributed by atoms with Gasteiger partial charge in [-0.2, -0.15) is 43.9 Å². The number of hydrogen-bond donors (Lipinski definition) is 2. The Kier molecular flexibility index (Phi) is 18.3. The van der Waals surface area contributed by atoms with E-state index in [4.69, 9.17) is 39.9 Å². The van der Waals surface area contributed by atoms with Crippen LogP contribution in [0, 0.1) is 11.6 Å². The molecule has 0 heterocycles. The topological polar surface area (TPSA) is 142 Å². The molecule has 10 nitrogen and oxygen atoms in total. The SMILES string of the molecule is Nc1ccc(C(COC(=O)/C=C/c2ccc(OC(F)(F)c3ccc(OCCCC(F)(F)F)cc3F)cc2)COC(=O)/C=C/c2ccc(OC(F)(F)c3ccc(OCCCC(F)(F)F)cc3F)cc2)c(N)c1. The standard InChI is InChI=1S/C49H42F12N2O8/c50-41-26-36(66-23-1-21-46(52,53)54)14-17-39(41)48(58,59)70-34-10-3-30(4-11-34)7-19-44(64)68-28-32(38-16-9-33(62)25-43(38)63)29-69-45(65)20-8-31-5-12-35(13-6-31)71-49(60,61)40-18-15-37(27-42(40)51)67-24-2-22-47(55,56)57/h3-20,25-27,32H,1-2,21-24,28-29,62-63H2/b19-7+,20-8+. The molecular weight excluding hydrogens is 973 g/mol. The lowest BCUT2D eigenvalue weighted by Crippen LogP contribution is -2.23. The first-order chi connectivity index (χ1) is 33.4. The molecule has 0 bridgehead atoms. The highest BCUT2D eigenvalue weighted by atomic mass is 19.4. The van der Waals surface area contributed by atoms with Crippen molar-refractivity contribution in [3.05, 3.63) is 155 Å². The number of rotatable bonds is 23. The molecule has 5 rings (SSSR count). The minimum absolute atomic E-state index is 0.188. The number of nitrogens with two attached hydrogens (primary N) is 2. The van der Waals surface area contributed by atoms with Gasteiger partial charge >= 0.3 is 36.5 Å². The largest absolute Gasteiger partial charge is 0.493 e. The highest BCUT2D eigenvalue weighted by Crippen LogP contribution is 2.37. The van der Waals surface area contributed by atoms with Crippen molar-refractivity contribution in [3.63, 3.8) is 0 Å². The van der Waals surface area contributed by atoms with Gasteiger partial charge in [-0.25, -0.2) is 18.4 Å². The van der Waals surface area contributed by atoms with Crippen LogP contribution in [0.4, 0.5) is 64.1 Å². The number of hydrogen-bond acceptors (Lipinski definition) is 10. The van der Waals surface area contributed by atoms with E-state index >= 15 is 0 Å². The zero-order valence-corrected chi connectivity index (χ0v) is 36.8. The smallest absolute Gasteiger partial charge is 0.429 e. The maximum absolute atomic E-state index is 14.9. The van der Waals surface area contributed by atoms with E-state index in [0.29, 0.717) is 46.6 Å². The Morgan fingerprint density at radius 1 is 0.521 bits per heavy atom. The van der Waals surface area contributed by atoms with Crippen molar-refractivity contribution in [3.8, 4) is 23.0 Å². The van der Waals surface area contributed by atoms with Crippen LogP contribution >= 0.6 is 0 Å². The van der Waals surface area contributed by atoms with Crippen molar-refractivity contribution < 1.29 is 90.7 Å². The van der Waals surface area contributed by atoms with Gasteiger partial charge in [0.25, 0.3) is 0 Å². The summed E-state index contributed by atoms with van der Waals surface area (Å²) in [4.78, 5) is 25.5. The maximum Gasteiger partial charge on any atom is 0.429 e. The summed E-state index contributed by atoms with van der Waals surface area (Å²) in [7, 11) is 0. The normalized spacial score (nSPS) is 12.4. The van der Waals surface area contributed by atoms with Gasteiger partial charge < -0.3 is 39.9 Å². The average molecular weight is 1010 g/mol. The van der Waals surface area contributed by atoms with Crippen LogP contribution in [-0.2, 0) is 31.3 Å². The molecule has 0 unspecified atom stereocenters. The highest BCUT2D eigenvalue weighted by molar-refractivity contribution is 5.87. The van der Waals surface area contributed by atoms with E-state index in [0.717, 1.165) is 48.6 Å². The van der Waals surface area contributed by atoms with Crippen molar-refractivity contribution >= 4 is 35.5 Å². The molecule has 71 heavy (non-hydrogen) atoms. The van der Waals surface area contributed by atoms with E-state index in [2.05, 4.69) is 0 Å². The van der Waals surface area contributed by atoms with Crippen LogP contribution in [0.5, 0.6) is 23.0 Å². The minimum Gasteiger partial charge on any atom is -0.493 e. The Morgan fingerprint density at radius 3 is 1.28 bits per heavy atom. The van der Waals surface area contributed by atoms with E-state index < -0.39 is 104 Å². The number of carbonyl (C=O) groups is 2. The van der Waals surface area contributed by atoms with Crippen LogP contribution < -0.4 is 30.4 Å². The van der Waals surface area contributed by atoms with Crippen LogP contribution in [0.2, 0.25) is 0 Å². The summed E-state index contributed by atoms with van der Waals surface area (Å²) in [5.74, 6) is -6.70. The molecule has 0 atom stereocenters. The second-order valence-corrected chi connectivity index (χ2v) is 15.3. The number of anilines is 2. The lowest BCUT2D eigenvalue weighted by molar-refractivity contribution is -0.188. The molecule has 0 spiro atoms. The van der Waals surface area contributed by atoms with Crippen molar-refractivity contribution in [1.82, 2.24) is 0 Å². The molecular formula is C49H42F12N2O8. The first-order valence-electron chi connectivity index (χ1n) is 21.0. The second kappa shape index (κ2) is 23.9. The molecule has 5 aromatic carbocycles. The number of nitrogen functional groups attached to an aromatic ring is 2. The lowest BCUT2D eigenvalue weighted by atomic mass is 9.98. The van der Waals surface area contributed by atoms with Crippen LogP contribution in [0.15, 0.2) is 115 Å². The fourth-order valence-corrected chi connectivity index (χ4v) is 6.25. The number of alkyl halides is 10. The summed E-state index contributed by atoms with van der Waals surface area (Å²) in [6.45, 7) is -1.57. The van der Waals surface area contributed by atoms with E-state index in [1.807, 2.05) is 0 Å². The van der Waals surface area contributed by atoms with Gasteiger partial charge in [0.2, 0.25) is 0 Å². The Hall–Kier alpha value is -7.52. The molecule has 0 aliphatic heterocycles. The highest BCUT2D eigenvalue weighted by Gasteiger charge is 2.39. The van der Waals surface area contributed by atoms with Crippen molar-refractivity contribution in [1.29, 1.82) is 0 Å². The summed E-state index contributed by atoms with van der Waals surface area (Å²) < 4.78 is 193. The quantitative estimate of drug-likeness (QED) is 0.0213. The third-order valence-corrected chi connectivity index (χ3v) is 9.74. The van der Waals surface area contributed by atoms with Gasteiger partial charge in [-0.15, -0.1) is 0 Å². The van der Waals surface area contributed by atoms with Gasteiger partial charge in [0.15, 0.2) is 0 Å². The summed E-state index contributed by atoms with van der Waals surface area (Å²) in [6.07, 6.45) is -15.7. The predicted molar refractivity (Wildman–Crippen MR) is 234 cm³/mol. The van der Waals surface area contributed by atoms with Crippen LogP contribution in [0.25, 0.3) is 12.2 Å². The first kappa shape index (κ1) is 54.4. The molecule has 0 aromatic heterocycles. The summed E-state index contributed by atoms with van der Waals surface area (Å²) in [6, 6.07) is 18.7. The Bertz CT molecular complexity index is 2480. The number of benzene rings is 5. The second-order valence-electron chi connectivity index (χ2n) is 15.3. The monoisotopic (exact) mass is 1010 g/mol. The summed E-state index contributed by atoms with van der Waals surface area (Å²) in [5.41, 5.74) is 11.2. The van der Waals surface area contributed by atoms with Crippen LogP contribution in [0.3, 0.4) is 0 Å². The molecule has 0 aliphatic rings. The van der Waals surface area contributed by atoms with Gasteiger partial charge in [0.05, 0.1) is 19.1 Å². The van der Waals surface area contributed by atoms with Gasteiger partial charge in [0.1, 0.15) is 59.0 Å². The maximum atomic E-state index is 14.9. The van der Waals surface area contributed by atoms with Crippen LogP contribution in [-0.4, -0.2) is 50.7 Å².